The first kappa shape index (κ1) is 20.1. The first-order valence-corrected chi connectivity index (χ1v) is 10.2. The minimum Gasteiger partial charge on any atom is -0.355 e. The number of halogens is 1. The van der Waals surface area contributed by atoms with Gasteiger partial charge in [-0.15, -0.1) is 0 Å². The lowest BCUT2D eigenvalue weighted by Gasteiger charge is -2.44. The zero-order valence-electron chi connectivity index (χ0n) is 17.1. The van der Waals surface area contributed by atoms with Crippen molar-refractivity contribution in [2.75, 3.05) is 23.8 Å². The summed E-state index contributed by atoms with van der Waals surface area (Å²) in [4.78, 5) is 12.3. The number of nitrogens with one attached hydrogen (secondary N) is 2. The molecule has 0 aromatic heterocycles. The summed E-state index contributed by atoms with van der Waals surface area (Å²) >= 11 is 0. The molecule has 0 saturated carbocycles. The molecular formula is C25H26FN3O. The van der Waals surface area contributed by atoms with Crippen molar-refractivity contribution in [2.24, 2.45) is 5.41 Å². The maximum absolute atomic E-state index is 13.2. The van der Waals surface area contributed by atoms with Gasteiger partial charge in [0.1, 0.15) is 12.1 Å². The van der Waals surface area contributed by atoms with E-state index in [1.165, 1.54) is 17.7 Å². The molecule has 2 aromatic carbocycles. The lowest BCUT2D eigenvalue weighted by atomic mass is 9.69. The van der Waals surface area contributed by atoms with Crippen molar-refractivity contribution in [1.29, 1.82) is 0 Å². The van der Waals surface area contributed by atoms with E-state index in [-0.39, 0.29) is 5.82 Å². The first-order chi connectivity index (χ1) is 14.5. The smallest absolute Gasteiger partial charge is 0.131 e. The molecule has 2 aliphatic rings. The molecule has 1 aliphatic heterocycles. The third-order valence-electron chi connectivity index (χ3n) is 5.83. The normalized spacial score (nSPS) is 21.5. The van der Waals surface area contributed by atoms with Gasteiger partial charge < -0.3 is 15.5 Å². The molecular weight excluding hydrogens is 377 g/mol. The molecule has 0 spiro atoms. The molecule has 0 radical (unpaired) electrons. The number of carbonyl (C=O) groups is 1. The van der Waals surface area contributed by atoms with Gasteiger partial charge in [0.15, 0.2) is 0 Å². The monoisotopic (exact) mass is 403 g/mol. The largest absolute Gasteiger partial charge is 0.355 e. The second-order valence-corrected chi connectivity index (χ2v) is 8.05. The summed E-state index contributed by atoms with van der Waals surface area (Å²) in [5, 5.41) is 5.49. The number of benzene rings is 2. The van der Waals surface area contributed by atoms with Crippen LogP contribution in [0.25, 0.3) is 0 Å². The summed E-state index contributed by atoms with van der Waals surface area (Å²) in [5.41, 5.74) is 8.92. The van der Waals surface area contributed by atoms with Gasteiger partial charge in [-0.3, -0.25) is 0 Å². The van der Waals surface area contributed by atoms with Crippen molar-refractivity contribution in [1.82, 2.24) is 5.01 Å². The Balaban J connectivity index is 1.56. The molecule has 154 valence electrons. The van der Waals surface area contributed by atoms with E-state index >= 15 is 0 Å². The van der Waals surface area contributed by atoms with Crippen LogP contribution >= 0.6 is 0 Å². The third kappa shape index (κ3) is 4.07. The highest BCUT2D eigenvalue weighted by Crippen LogP contribution is 2.44. The molecule has 1 atom stereocenters. The zero-order valence-corrected chi connectivity index (χ0v) is 17.1. The van der Waals surface area contributed by atoms with Crippen LogP contribution in [0.15, 0.2) is 84.1 Å². The molecule has 1 fully saturated rings. The Morgan fingerprint density at radius 1 is 1.17 bits per heavy atom. The van der Waals surface area contributed by atoms with Crippen molar-refractivity contribution >= 4 is 17.7 Å². The molecule has 5 heteroatoms. The Kier molecular flexibility index (Phi) is 5.55. The summed E-state index contributed by atoms with van der Waals surface area (Å²) in [6.45, 7) is 7.42. The minimum atomic E-state index is -0.577. The number of rotatable bonds is 6. The maximum Gasteiger partial charge on any atom is 0.131 e. The SMILES string of the molecule is C=CC1=C(Nc2ccc(F)cc2)C=C2CCN(Nc3cccc(C)c3)CC2(C=O)C1. The fourth-order valence-electron chi connectivity index (χ4n) is 4.25. The standard InChI is InChI=1S/C25H26FN3O/c1-3-19-15-25(17-30)16-29(28-23-6-4-5-18(2)13-23)12-11-20(25)14-24(19)27-22-9-7-21(26)8-10-22/h3-10,13-14,17,27-28H,1,11-12,15-16H2,2H3. The maximum atomic E-state index is 13.2. The van der Waals surface area contributed by atoms with E-state index in [0.29, 0.717) is 13.0 Å². The zero-order chi connectivity index (χ0) is 21.1. The van der Waals surface area contributed by atoms with Crippen LogP contribution in [-0.2, 0) is 4.79 Å². The number of aldehydes is 1. The summed E-state index contributed by atoms with van der Waals surface area (Å²) in [6, 6.07) is 14.5. The molecule has 2 N–H and O–H groups in total. The molecule has 0 amide bonds. The topological polar surface area (TPSA) is 44.4 Å². The van der Waals surface area contributed by atoms with Crippen LogP contribution in [0.1, 0.15) is 18.4 Å². The highest BCUT2D eigenvalue weighted by atomic mass is 19.1. The average molecular weight is 404 g/mol. The summed E-state index contributed by atoms with van der Waals surface area (Å²) < 4.78 is 13.2. The van der Waals surface area contributed by atoms with Crippen LogP contribution in [0.4, 0.5) is 15.8 Å². The number of carbonyl (C=O) groups excluding carboxylic acids is 1. The second kappa shape index (κ2) is 8.28. The number of hydrazine groups is 1. The highest BCUT2D eigenvalue weighted by molar-refractivity contribution is 5.71. The first-order valence-electron chi connectivity index (χ1n) is 10.2. The summed E-state index contributed by atoms with van der Waals surface area (Å²) in [6.07, 6.45) is 6.33. The molecule has 1 heterocycles. The van der Waals surface area contributed by atoms with Gasteiger partial charge in [-0.1, -0.05) is 30.4 Å². The molecule has 1 unspecified atom stereocenters. The van der Waals surface area contributed by atoms with Gasteiger partial charge in [0.2, 0.25) is 0 Å². The van der Waals surface area contributed by atoms with E-state index < -0.39 is 5.41 Å². The van der Waals surface area contributed by atoms with Crippen LogP contribution in [0.2, 0.25) is 0 Å². The summed E-state index contributed by atoms with van der Waals surface area (Å²) in [7, 11) is 0. The van der Waals surface area contributed by atoms with Gasteiger partial charge in [0.05, 0.1) is 5.41 Å². The van der Waals surface area contributed by atoms with Crippen molar-refractivity contribution in [3.05, 3.63) is 95.5 Å². The van der Waals surface area contributed by atoms with Crippen LogP contribution in [-0.4, -0.2) is 24.4 Å². The molecule has 1 saturated heterocycles. The fraction of sp³-hybridized carbons (Fsp3) is 0.240. The van der Waals surface area contributed by atoms with E-state index in [1.807, 2.05) is 12.1 Å². The van der Waals surface area contributed by atoms with Gasteiger partial charge in [-0.25, -0.2) is 9.40 Å². The average Bonchev–Trinajstić information content (AvgIpc) is 2.75. The molecule has 1 aliphatic carbocycles. The van der Waals surface area contributed by atoms with Crippen molar-refractivity contribution in [3.63, 3.8) is 0 Å². The number of aryl methyl sites for hydroxylation is 1. The third-order valence-corrected chi connectivity index (χ3v) is 5.83. The van der Waals surface area contributed by atoms with E-state index in [9.17, 15) is 9.18 Å². The fourth-order valence-corrected chi connectivity index (χ4v) is 4.25. The molecule has 2 aromatic rings. The number of anilines is 2. The Bertz CT molecular complexity index is 1020. The number of piperidine rings is 1. The quantitative estimate of drug-likeness (QED) is 0.648. The number of nitrogens with zero attached hydrogens (tertiary/aromatic N) is 1. The predicted molar refractivity (Wildman–Crippen MR) is 119 cm³/mol. The molecule has 0 bridgehead atoms. The number of hydrogen-bond donors (Lipinski definition) is 2. The van der Waals surface area contributed by atoms with E-state index in [1.54, 1.807) is 18.2 Å². The minimum absolute atomic E-state index is 0.270. The molecule has 30 heavy (non-hydrogen) atoms. The Hall–Kier alpha value is -3.18. The Morgan fingerprint density at radius 2 is 1.97 bits per heavy atom. The molecule has 4 nitrogen and oxygen atoms in total. The lowest BCUT2D eigenvalue weighted by molar-refractivity contribution is -0.116. The Morgan fingerprint density at radius 3 is 2.67 bits per heavy atom. The van der Waals surface area contributed by atoms with Crippen molar-refractivity contribution in [3.8, 4) is 0 Å². The van der Waals surface area contributed by atoms with E-state index in [0.717, 1.165) is 47.5 Å². The van der Waals surface area contributed by atoms with Crippen LogP contribution < -0.4 is 10.7 Å². The van der Waals surface area contributed by atoms with Gasteiger partial charge >= 0.3 is 0 Å². The predicted octanol–water partition coefficient (Wildman–Crippen LogP) is 5.23. The number of allylic oxidation sites excluding steroid dienone is 3. The van der Waals surface area contributed by atoms with Crippen LogP contribution in [0, 0.1) is 18.2 Å². The van der Waals surface area contributed by atoms with E-state index in [2.05, 4.69) is 47.5 Å². The van der Waals surface area contributed by atoms with Crippen molar-refractivity contribution in [2.45, 2.75) is 19.8 Å². The second-order valence-electron chi connectivity index (χ2n) is 8.05. The van der Waals surface area contributed by atoms with Gasteiger partial charge in [0, 0.05) is 30.2 Å². The van der Waals surface area contributed by atoms with Crippen molar-refractivity contribution < 1.29 is 9.18 Å². The molecule has 4 rings (SSSR count). The van der Waals surface area contributed by atoms with Crippen LogP contribution in [0.3, 0.4) is 0 Å². The summed E-state index contributed by atoms with van der Waals surface area (Å²) in [5.74, 6) is -0.270. The Labute approximate surface area is 176 Å². The van der Waals surface area contributed by atoms with Gasteiger partial charge in [0.25, 0.3) is 0 Å². The highest BCUT2D eigenvalue weighted by Gasteiger charge is 2.42. The van der Waals surface area contributed by atoms with Gasteiger partial charge in [-0.05, 0) is 73.4 Å². The number of fused-ring (bicyclic) bond motifs is 1. The van der Waals surface area contributed by atoms with Gasteiger partial charge in [-0.2, -0.15) is 0 Å². The lowest BCUT2D eigenvalue weighted by Crippen LogP contribution is -2.49. The van der Waals surface area contributed by atoms with E-state index in [4.69, 9.17) is 0 Å². The number of hydrogen-bond acceptors (Lipinski definition) is 4. The van der Waals surface area contributed by atoms with Crippen LogP contribution in [0.5, 0.6) is 0 Å².